The summed E-state index contributed by atoms with van der Waals surface area (Å²) >= 11 is 0. The summed E-state index contributed by atoms with van der Waals surface area (Å²) in [4.78, 5) is 12.9. The number of nitrogens with zero attached hydrogens (tertiary/aromatic N) is 3. The SMILES string of the molecule is CCOC(=O)CC(CCC1=NN=CC(CC)C(C)C1)c1ccc(C)c(CN2CC(CC)Oc3ccccc3S2(=O)=O)c1. The third kappa shape index (κ3) is 7.67. The van der Waals surface area contributed by atoms with Crippen molar-refractivity contribution in [3.05, 3.63) is 59.2 Å². The van der Waals surface area contributed by atoms with Gasteiger partial charge >= 0.3 is 5.97 Å². The van der Waals surface area contributed by atoms with E-state index < -0.39 is 10.0 Å². The number of para-hydroxylation sites is 1. The first-order valence-electron chi connectivity index (χ1n) is 15.3. The summed E-state index contributed by atoms with van der Waals surface area (Å²) in [6, 6.07) is 13.0. The Labute approximate surface area is 251 Å². The lowest BCUT2D eigenvalue weighted by atomic mass is 9.85. The molecule has 0 fully saturated rings. The molecule has 42 heavy (non-hydrogen) atoms. The molecule has 0 radical (unpaired) electrons. The Morgan fingerprint density at radius 2 is 1.93 bits per heavy atom. The first-order valence-corrected chi connectivity index (χ1v) is 16.7. The van der Waals surface area contributed by atoms with Gasteiger partial charge in [0.05, 0.1) is 19.6 Å². The van der Waals surface area contributed by atoms with Gasteiger partial charge in [-0.25, -0.2) is 8.42 Å². The topological polar surface area (TPSA) is 97.6 Å². The summed E-state index contributed by atoms with van der Waals surface area (Å²) in [6.45, 7) is 11.0. The number of esters is 1. The molecular weight excluding hydrogens is 550 g/mol. The summed E-state index contributed by atoms with van der Waals surface area (Å²) in [5, 5.41) is 8.84. The highest BCUT2D eigenvalue weighted by molar-refractivity contribution is 7.89. The summed E-state index contributed by atoms with van der Waals surface area (Å²) in [5.74, 6) is 0.952. The molecule has 0 saturated carbocycles. The van der Waals surface area contributed by atoms with Gasteiger partial charge in [-0.05, 0) is 92.5 Å². The number of ether oxygens (including phenoxy) is 2. The molecule has 0 N–H and O–H groups in total. The number of benzene rings is 2. The monoisotopic (exact) mass is 595 g/mol. The lowest BCUT2D eigenvalue weighted by Crippen LogP contribution is -2.36. The van der Waals surface area contributed by atoms with Crippen molar-refractivity contribution in [1.82, 2.24) is 4.31 Å². The molecule has 9 heteroatoms. The Kier molecular flexibility index (Phi) is 11.0. The molecule has 2 aliphatic rings. The lowest BCUT2D eigenvalue weighted by molar-refractivity contribution is -0.143. The largest absolute Gasteiger partial charge is 0.488 e. The molecule has 4 rings (SSSR count). The van der Waals surface area contributed by atoms with E-state index in [-0.39, 0.29) is 42.4 Å². The molecule has 2 aliphatic heterocycles. The van der Waals surface area contributed by atoms with Crippen molar-refractivity contribution in [3.63, 3.8) is 0 Å². The van der Waals surface area contributed by atoms with E-state index in [0.717, 1.165) is 48.1 Å². The van der Waals surface area contributed by atoms with E-state index in [0.29, 0.717) is 30.6 Å². The first kappa shape index (κ1) is 31.9. The highest BCUT2D eigenvalue weighted by Gasteiger charge is 2.34. The van der Waals surface area contributed by atoms with Gasteiger partial charge in [0.2, 0.25) is 10.0 Å². The van der Waals surface area contributed by atoms with Crippen molar-refractivity contribution in [2.24, 2.45) is 22.0 Å². The number of hydrogen-bond donors (Lipinski definition) is 0. The fourth-order valence-electron chi connectivity index (χ4n) is 5.83. The quantitative estimate of drug-likeness (QED) is 0.270. The summed E-state index contributed by atoms with van der Waals surface area (Å²) < 4.78 is 40.5. The van der Waals surface area contributed by atoms with Crippen molar-refractivity contribution < 1.29 is 22.7 Å². The van der Waals surface area contributed by atoms with Crippen molar-refractivity contribution in [2.45, 2.75) is 96.6 Å². The van der Waals surface area contributed by atoms with Crippen LogP contribution in [0.2, 0.25) is 0 Å². The second-order valence-corrected chi connectivity index (χ2v) is 13.4. The maximum atomic E-state index is 13.8. The zero-order chi connectivity index (χ0) is 30.3. The molecule has 0 aliphatic carbocycles. The normalized spacial score (nSPS) is 22.7. The Morgan fingerprint density at radius 3 is 2.67 bits per heavy atom. The number of carbonyl (C=O) groups excluding carboxylic acids is 1. The van der Waals surface area contributed by atoms with Gasteiger partial charge in [-0.3, -0.25) is 4.79 Å². The van der Waals surface area contributed by atoms with Gasteiger partial charge in [0.15, 0.2) is 0 Å². The van der Waals surface area contributed by atoms with Crippen LogP contribution in [0.5, 0.6) is 5.75 Å². The number of hydrogen-bond acceptors (Lipinski definition) is 7. The maximum Gasteiger partial charge on any atom is 0.306 e. The van der Waals surface area contributed by atoms with Crippen LogP contribution in [0.4, 0.5) is 0 Å². The van der Waals surface area contributed by atoms with E-state index in [2.05, 4.69) is 36.2 Å². The van der Waals surface area contributed by atoms with Crippen molar-refractivity contribution in [1.29, 1.82) is 0 Å². The molecule has 2 aromatic rings. The van der Waals surface area contributed by atoms with Crippen molar-refractivity contribution >= 4 is 27.9 Å². The van der Waals surface area contributed by atoms with Gasteiger partial charge in [0.1, 0.15) is 16.7 Å². The zero-order valence-electron chi connectivity index (χ0n) is 25.6. The van der Waals surface area contributed by atoms with Gasteiger partial charge in [-0.2, -0.15) is 14.5 Å². The second kappa shape index (κ2) is 14.4. The van der Waals surface area contributed by atoms with Crippen molar-refractivity contribution in [3.8, 4) is 5.75 Å². The van der Waals surface area contributed by atoms with E-state index in [1.165, 1.54) is 4.31 Å². The summed E-state index contributed by atoms with van der Waals surface area (Å²) in [5.41, 5.74) is 3.96. The number of carbonyl (C=O) groups is 1. The molecule has 8 nitrogen and oxygen atoms in total. The first-order chi connectivity index (χ1) is 20.2. The zero-order valence-corrected chi connectivity index (χ0v) is 26.4. The molecule has 4 unspecified atom stereocenters. The van der Waals surface area contributed by atoms with Gasteiger partial charge < -0.3 is 9.47 Å². The van der Waals surface area contributed by atoms with Crippen molar-refractivity contribution in [2.75, 3.05) is 13.2 Å². The predicted molar refractivity (Wildman–Crippen MR) is 167 cm³/mol. The third-order valence-electron chi connectivity index (χ3n) is 8.53. The molecule has 0 aromatic heterocycles. The van der Waals surface area contributed by atoms with Crippen LogP contribution in [0.3, 0.4) is 0 Å². The maximum absolute atomic E-state index is 13.8. The standard InChI is InChI=1S/C33H45N3O5S/c1-6-25-20-34-35-29(17-24(25)5)16-15-27(19-33(37)40-8-3)26-14-13-23(4)28(18-26)21-36-22-30(7-2)41-31-11-9-10-12-32(31)42(36,38)39/h9-14,18,20,24-25,27,30H,6-8,15-17,19,21-22H2,1-5H3. The fraction of sp³-hybridized carbons (Fsp3) is 0.545. The lowest BCUT2D eigenvalue weighted by Gasteiger charge is -2.24. The van der Waals surface area contributed by atoms with Gasteiger partial charge in [-0.15, -0.1) is 0 Å². The molecule has 4 atom stereocenters. The molecule has 2 aromatic carbocycles. The van der Waals surface area contributed by atoms with E-state index in [1.807, 2.05) is 33.1 Å². The molecule has 0 amide bonds. The highest BCUT2D eigenvalue weighted by atomic mass is 32.2. The fourth-order valence-corrected chi connectivity index (χ4v) is 7.40. The van der Waals surface area contributed by atoms with Gasteiger partial charge in [0, 0.05) is 18.5 Å². The number of fused-ring (bicyclic) bond motifs is 1. The molecule has 228 valence electrons. The van der Waals surface area contributed by atoms with Crippen LogP contribution in [-0.2, 0) is 26.1 Å². The Balaban J connectivity index is 1.60. The minimum Gasteiger partial charge on any atom is -0.488 e. The summed E-state index contributed by atoms with van der Waals surface area (Å²) in [6.07, 6.45) is 6.03. The van der Waals surface area contributed by atoms with E-state index in [9.17, 15) is 13.2 Å². The highest BCUT2D eigenvalue weighted by Crippen LogP contribution is 2.34. The van der Waals surface area contributed by atoms with Crippen LogP contribution in [-0.4, -0.2) is 49.9 Å². The molecule has 0 saturated heterocycles. The molecular formula is C33H45N3O5S. The molecule has 0 spiro atoms. The number of sulfonamides is 1. The van der Waals surface area contributed by atoms with Crippen LogP contribution >= 0.6 is 0 Å². The smallest absolute Gasteiger partial charge is 0.306 e. The van der Waals surface area contributed by atoms with Crippen LogP contribution in [0.1, 0.15) is 88.8 Å². The van der Waals surface area contributed by atoms with E-state index >= 15 is 0 Å². The Morgan fingerprint density at radius 1 is 1.14 bits per heavy atom. The van der Waals surface area contributed by atoms with Gasteiger partial charge in [0.25, 0.3) is 0 Å². The van der Waals surface area contributed by atoms with Crippen LogP contribution in [0, 0.1) is 18.8 Å². The average Bonchev–Trinajstić information content (AvgIpc) is 3.21. The van der Waals surface area contributed by atoms with Crippen LogP contribution in [0.15, 0.2) is 57.6 Å². The van der Waals surface area contributed by atoms with Crippen LogP contribution < -0.4 is 4.74 Å². The second-order valence-electron chi connectivity index (χ2n) is 11.5. The molecule has 2 heterocycles. The molecule has 0 bridgehead atoms. The predicted octanol–water partition coefficient (Wildman–Crippen LogP) is 6.67. The minimum absolute atomic E-state index is 0.0937. The third-order valence-corrected chi connectivity index (χ3v) is 10.4. The minimum atomic E-state index is -3.77. The van der Waals surface area contributed by atoms with Crippen LogP contribution in [0.25, 0.3) is 0 Å². The number of aryl methyl sites for hydroxylation is 1. The van der Waals surface area contributed by atoms with E-state index in [4.69, 9.17) is 9.47 Å². The number of rotatable bonds is 11. The van der Waals surface area contributed by atoms with E-state index in [1.54, 1.807) is 24.3 Å². The average molecular weight is 596 g/mol. The Bertz CT molecular complexity index is 1400. The Hall–Kier alpha value is -3.04. The van der Waals surface area contributed by atoms with Gasteiger partial charge in [-0.1, -0.05) is 51.1 Å². The summed E-state index contributed by atoms with van der Waals surface area (Å²) in [7, 11) is -3.77.